The first kappa shape index (κ1) is 20.2. The third-order valence-electron chi connectivity index (χ3n) is 4.28. The predicted molar refractivity (Wildman–Crippen MR) is 96.8 cm³/mol. The zero-order valence-electron chi connectivity index (χ0n) is 15.5. The molecule has 0 saturated carbocycles. The van der Waals surface area contributed by atoms with E-state index < -0.39 is 0 Å². The van der Waals surface area contributed by atoms with Crippen molar-refractivity contribution >= 4 is 11.9 Å². The lowest BCUT2D eigenvalue weighted by molar-refractivity contribution is -0.144. The number of aryl methyl sites for hydroxylation is 2. The SMILES string of the molecule is CCOC(=O)CCN(C(=O)CCCc1ccc(C)cc1)C(C)CC. The monoisotopic (exact) mass is 333 g/mol. The van der Waals surface area contributed by atoms with Crippen LogP contribution in [0.2, 0.25) is 0 Å². The van der Waals surface area contributed by atoms with Crippen molar-refractivity contribution in [2.24, 2.45) is 0 Å². The Morgan fingerprint density at radius 1 is 1.12 bits per heavy atom. The van der Waals surface area contributed by atoms with Gasteiger partial charge in [-0.15, -0.1) is 0 Å². The highest BCUT2D eigenvalue weighted by atomic mass is 16.5. The van der Waals surface area contributed by atoms with Crippen LogP contribution in [-0.4, -0.2) is 36.0 Å². The van der Waals surface area contributed by atoms with Crippen molar-refractivity contribution < 1.29 is 14.3 Å². The number of carbonyl (C=O) groups excluding carboxylic acids is 2. The van der Waals surface area contributed by atoms with Gasteiger partial charge in [-0.3, -0.25) is 9.59 Å². The number of esters is 1. The summed E-state index contributed by atoms with van der Waals surface area (Å²) in [5, 5.41) is 0. The maximum Gasteiger partial charge on any atom is 0.307 e. The van der Waals surface area contributed by atoms with Gasteiger partial charge in [0, 0.05) is 19.0 Å². The van der Waals surface area contributed by atoms with Crippen LogP contribution >= 0.6 is 0 Å². The first-order valence-corrected chi connectivity index (χ1v) is 8.98. The molecule has 0 radical (unpaired) electrons. The number of hydrogen-bond acceptors (Lipinski definition) is 3. The van der Waals surface area contributed by atoms with E-state index >= 15 is 0 Å². The molecule has 4 nitrogen and oxygen atoms in total. The average molecular weight is 333 g/mol. The lowest BCUT2D eigenvalue weighted by Crippen LogP contribution is -2.39. The summed E-state index contributed by atoms with van der Waals surface area (Å²) in [5.74, 6) is -0.112. The van der Waals surface area contributed by atoms with E-state index in [1.807, 2.05) is 11.8 Å². The van der Waals surface area contributed by atoms with Gasteiger partial charge in [0.15, 0.2) is 0 Å². The fraction of sp³-hybridized carbons (Fsp3) is 0.600. The van der Waals surface area contributed by atoms with Gasteiger partial charge in [0.2, 0.25) is 5.91 Å². The summed E-state index contributed by atoms with van der Waals surface area (Å²) in [4.78, 5) is 25.9. The number of ether oxygens (including phenoxy) is 1. The maximum absolute atomic E-state index is 12.5. The molecule has 0 bridgehead atoms. The van der Waals surface area contributed by atoms with Crippen LogP contribution in [0.5, 0.6) is 0 Å². The zero-order chi connectivity index (χ0) is 17.9. The maximum atomic E-state index is 12.5. The van der Waals surface area contributed by atoms with Gasteiger partial charge in [0.25, 0.3) is 0 Å². The molecule has 1 unspecified atom stereocenters. The highest BCUT2D eigenvalue weighted by Gasteiger charge is 2.19. The van der Waals surface area contributed by atoms with Gasteiger partial charge >= 0.3 is 5.97 Å². The molecular weight excluding hydrogens is 302 g/mol. The van der Waals surface area contributed by atoms with Crippen molar-refractivity contribution in [1.29, 1.82) is 0 Å². The summed E-state index contributed by atoms with van der Waals surface area (Å²) in [6.07, 6.45) is 3.39. The topological polar surface area (TPSA) is 46.6 Å². The van der Waals surface area contributed by atoms with Gasteiger partial charge in [0.1, 0.15) is 0 Å². The summed E-state index contributed by atoms with van der Waals surface area (Å²) in [6, 6.07) is 8.58. The summed E-state index contributed by atoms with van der Waals surface area (Å²) in [6.45, 7) is 8.77. The third kappa shape index (κ3) is 7.16. The standard InChI is InChI=1S/C20H31NO3/c1-5-17(4)21(15-14-20(23)24-6-2)19(22)9-7-8-18-12-10-16(3)11-13-18/h10-13,17H,5-9,14-15H2,1-4H3. The fourth-order valence-corrected chi connectivity index (χ4v) is 2.60. The summed E-state index contributed by atoms with van der Waals surface area (Å²) >= 11 is 0. The van der Waals surface area contributed by atoms with Crippen LogP contribution in [0.3, 0.4) is 0 Å². The molecule has 4 heteroatoms. The molecule has 0 aliphatic carbocycles. The Morgan fingerprint density at radius 3 is 2.38 bits per heavy atom. The van der Waals surface area contributed by atoms with E-state index in [4.69, 9.17) is 4.74 Å². The predicted octanol–water partition coefficient (Wildman–Crippen LogP) is 3.90. The van der Waals surface area contributed by atoms with Crippen molar-refractivity contribution in [3.05, 3.63) is 35.4 Å². The van der Waals surface area contributed by atoms with E-state index in [0.29, 0.717) is 19.6 Å². The Labute approximate surface area is 146 Å². The number of nitrogens with zero attached hydrogens (tertiary/aromatic N) is 1. The minimum absolute atomic E-state index is 0.126. The van der Waals surface area contributed by atoms with Crippen LogP contribution in [0.15, 0.2) is 24.3 Å². The van der Waals surface area contributed by atoms with Crippen LogP contribution in [0, 0.1) is 6.92 Å². The molecular formula is C20H31NO3. The van der Waals surface area contributed by atoms with Crippen LogP contribution in [0.25, 0.3) is 0 Å². The van der Waals surface area contributed by atoms with Crippen LogP contribution < -0.4 is 0 Å². The first-order valence-electron chi connectivity index (χ1n) is 8.98. The molecule has 0 saturated heterocycles. The Hall–Kier alpha value is -1.84. The van der Waals surface area contributed by atoms with Crippen LogP contribution in [0.1, 0.15) is 57.6 Å². The molecule has 0 N–H and O–H groups in total. The first-order chi connectivity index (χ1) is 11.5. The number of hydrogen-bond donors (Lipinski definition) is 0. The number of benzene rings is 1. The molecule has 1 amide bonds. The molecule has 134 valence electrons. The van der Waals surface area contributed by atoms with Gasteiger partial charge in [-0.2, -0.15) is 0 Å². The molecule has 0 fully saturated rings. The average Bonchev–Trinajstić information content (AvgIpc) is 2.56. The van der Waals surface area contributed by atoms with Crippen molar-refractivity contribution in [2.75, 3.05) is 13.2 Å². The minimum Gasteiger partial charge on any atom is -0.466 e. The lowest BCUT2D eigenvalue weighted by atomic mass is 10.1. The fourth-order valence-electron chi connectivity index (χ4n) is 2.60. The molecule has 1 aromatic carbocycles. The van der Waals surface area contributed by atoms with Crippen molar-refractivity contribution in [3.8, 4) is 0 Å². The van der Waals surface area contributed by atoms with Crippen molar-refractivity contribution in [1.82, 2.24) is 4.90 Å². The van der Waals surface area contributed by atoms with E-state index in [2.05, 4.69) is 38.1 Å². The van der Waals surface area contributed by atoms with Gasteiger partial charge in [-0.05, 0) is 45.6 Å². The van der Waals surface area contributed by atoms with E-state index in [0.717, 1.165) is 19.3 Å². The second-order valence-corrected chi connectivity index (χ2v) is 6.24. The van der Waals surface area contributed by atoms with E-state index in [1.165, 1.54) is 11.1 Å². The molecule has 0 aliphatic rings. The largest absolute Gasteiger partial charge is 0.466 e. The number of amides is 1. The van der Waals surface area contributed by atoms with Crippen molar-refractivity contribution in [3.63, 3.8) is 0 Å². The Kier molecular flexibility index (Phi) is 9.13. The molecule has 0 heterocycles. The van der Waals surface area contributed by atoms with Gasteiger partial charge in [-0.1, -0.05) is 36.8 Å². The van der Waals surface area contributed by atoms with Gasteiger partial charge < -0.3 is 9.64 Å². The molecule has 1 atom stereocenters. The second-order valence-electron chi connectivity index (χ2n) is 6.24. The minimum atomic E-state index is -0.238. The highest BCUT2D eigenvalue weighted by molar-refractivity contribution is 5.77. The molecule has 24 heavy (non-hydrogen) atoms. The lowest BCUT2D eigenvalue weighted by Gasteiger charge is -2.28. The van der Waals surface area contributed by atoms with Gasteiger partial charge in [-0.25, -0.2) is 0 Å². The molecule has 1 rings (SSSR count). The Balaban J connectivity index is 2.48. The quantitative estimate of drug-likeness (QED) is 0.610. The molecule has 0 aromatic heterocycles. The third-order valence-corrected chi connectivity index (χ3v) is 4.28. The Morgan fingerprint density at radius 2 is 1.79 bits per heavy atom. The van der Waals surface area contributed by atoms with Crippen LogP contribution in [0.4, 0.5) is 0 Å². The molecule has 0 spiro atoms. The Bertz CT molecular complexity index is 510. The van der Waals surface area contributed by atoms with Crippen LogP contribution in [-0.2, 0) is 20.7 Å². The summed E-state index contributed by atoms with van der Waals surface area (Å²) < 4.78 is 4.96. The summed E-state index contributed by atoms with van der Waals surface area (Å²) in [7, 11) is 0. The van der Waals surface area contributed by atoms with E-state index in [-0.39, 0.29) is 24.3 Å². The number of carbonyl (C=O) groups is 2. The normalized spacial score (nSPS) is 11.8. The van der Waals surface area contributed by atoms with Crippen molar-refractivity contribution in [2.45, 2.75) is 65.8 Å². The molecule has 0 aliphatic heterocycles. The smallest absolute Gasteiger partial charge is 0.307 e. The van der Waals surface area contributed by atoms with E-state index in [9.17, 15) is 9.59 Å². The zero-order valence-corrected chi connectivity index (χ0v) is 15.5. The van der Waals surface area contributed by atoms with Gasteiger partial charge in [0.05, 0.1) is 13.0 Å². The summed E-state index contributed by atoms with van der Waals surface area (Å²) in [5.41, 5.74) is 2.51. The highest BCUT2D eigenvalue weighted by Crippen LogP contribution is 2.12. The molecule has 1 aromatic rings. The van der Waals surface area contributed by atoms with E-state index in [1.54, 1.807) is 6.92 Å². The second kappa shape index (κ2) is 10.8. The number of rotatable bonds is 10.